The highest BCUT2D eigenvalue weighted by molar-refractivity contribution is 6.04. The van der Waals surface area contributed by atoms with Crippen molar-refractivity contribution >= 4 is 17.6 Å². The summed E-state index contributed by atoms with van der Waals surface area (Å²) >= 11 is 0. The van der Waals surface area contributed by atoms with Gasteiger partial charge in [0.25, 0.3) is 5.91 Å². The van der Waals surface area contributed by atoms with Gasteiger partial charge in [-0.25, -0.2) is 0 Å². The molecule has 5 nitrogen and oxygen atoms in total. The van der Waals surface area contributed by atoms with Crippen molar-refractivity contribution in [2.45, 2.75) is 32.1 Å². The van der Waals surface area contributed by atoms with E-state index in [1.165, 1.54) is 6.42 Å². The first kappa shape index (κ1) is 18.0. The second-order valence-corrected chi connectivity index (χ2v) is 6.46. The van der Waals surface area contributed by atoms with Crippen LogP contribution in [0.4, 0.5) is 5.69 Å². The number of benzene rings is 2. The van der Waals surface area contributed by atoms with E-state index >= 15 is 0 Å². The van der Waals surface area contributed by atoms with E-state index in [-0.39, 0.29) is 17.8 Å². The van der Waals surface area contributed by atoms with Gasteiger partial charge in [-0.05, 0) is 61.4 Å². The predicted octanol–water partition coefficient (Wildman–Crippen LogP) is 4.43. The van der Waals surface area contributed by atoms with E-state index in [1.54, 1.807) is 55.6 Å². The number of esters is 1. The molecular formula is C21H23NO4. The van der Waals surface area contributed by atoms with Gasteiger partial charge in [0.2, 0.25) is 0 Å². The van der Waals surface area contributed by atoms with E-state index in [4.69, 9.17) is 9.47 Å². The van der Waals surface area contributed by atoms with Crippen molar-refractivity contribution < 1.29 is 19.1 Å². The van der Waals surface area contributed by atoms with Crippen LogP contribution in [-0.4, -0.2) is 19.0 Å². The number of amides is 1. The smallest absolute Gasteiger partial charge is 0.314 e. The third-order valence-corrected chi connectivity index (χ3v) is 4.62. The standard InChI is InChI=1S/C21H23NO4/c1-25-18-13-9-17(10-14-18)22-20(23)15-7-11-19(12-8-15)26-21(24)16-5-3-2-4-6-16/h7-14,16H,2-6H2,1H3,(H,22,23). The van der Waals surface area contributed by atoms with Gasteiger partial charge < -0.3 is 14.8 Å². The van der Waals surface area contributed by atoms with E-state index < -0.39 is 0 Å². The molecule has 5 heteroatoms. The van der Waals surface area contributed by atoms with Crippen molar-refractivity contribution in [1.29, 1.82) is 0 Å². The minimum Gasteiger partial charge on any atom is -0.497 e. The predicted molar refractivity (Wildman–Crippen MR) is 99.6 cm³/mol. The largest absolute Gasteiger partial charge is 0.497 e. The first-order valence-electron chi connectivity index (χ1n) is 8.93. The highest BCUT2D eigenvalue weighted by atomic mass is 16.5. The number of anilines is 1. The second kappa shape index (κ2) is 8.52. The summed E-state index contributed by atoms with van der Waals surface area (Å²) < 4.78 is 10.5. The molecule has 0 unspecified atom stereocenters. The number of hydrogen-bond acceptors (Lipinski definition) is 4. The number of carbonyl (C=O) groups excluding carboxylic acids is 2. The summed E-state index contributed by atoms with van der Waals surface area (Å²) in [5, 5.41) is 2.82. The normalized spacial score (nSPS) is 14.5. The van der Waals surface area contributed by atoms with Gasteiger partial charge in [-0.3, -0.25) is 9.59 Å². The maximum absolute atomic E-state index is 12.3. The van der Waals surface area contributed by atoms with Gasteiger partial charge in [-0.1, -0.05) is 19.3 Å². The summed E-state index contributed by atoms with van der Waals surface area (Å²) in [5.74, 6) is 0.816. The molecule has 1 fully saturated rings. The Morgan fingerprint density at radius 2 is 1.50 bits per heavy atom. The first-order chi connectivity index (χ1) is 12.7. The van der Waals surface area contributed by atoms with Crippen LogP contribution in [0.1, 0.15) is 42.5 Å². The molecule has 136 valence electrons. The monoisotopic (exact) mass is 353 g/mol. The molecule has 0 aliphatic heterocycles. The van der Waals surface area contributed by atoms with E-state index in [0.29, 0.717) is 17.0 Å². The molecule has 1 N–H and O–H groups in total. The summed E-state index contributed by atoms with van der Waals surface area (Å²) in [7, 11) is 1.59. The van der Waals surface area contributed by atoms with Gasteiger partial charge in [0, 0.05) is 11.3 Å². The topological polar surface area (TPSA) is 64.6 Å². The number of methoxy groups -OCH3 is 1. The fourth-order valence-electron chi connectivity index (χ4n) is 3.09. The van der Waals surface area contributed by atoms with Crippen LogP contribution in [0.5, 0.6) is 11.5 Å². The van der Waals surface area contributed by atoms with Crippen molar-refractivity contribution in [2.75, 3.05) is 12.4 Å². The van der Waals surface area contributed by atoms with Gasteiger partial charge in [0.05, 0.1) is 13.0 Å². The minimum atomic E-state index is -0.222. The van der Waals surface area contributed by atoms with Gasteiger partial charge in [0.15, 0.2) is 0 Å². The SMILES string of the molecule is COc1ccc(NC(=O)c2ccc(OC(=O)C3CCCCC3)cc2)cc1. The summed E-state index contributed by atoms with van der Waals surface area (Å²) in [6.45, 7) is 0. The average Bonchev–Trinajstić information content (AvgIpc) is 2.69. The maximum atomic E-state index is 12.3. The molecular weight excluding hydrogens is 330 g/mol. The molecule has 1 saturated carbocycles. The Hall–Kier alpha value is -2.82. The van der Waals surface area contributed by atoms with Crippen molar-refractivity contribution in [3.05, 3.63) is 54.1 Å². The Labute approximate surface area is 153 Å². The van der Waals surface area contributed by atoms with Gasteiger partial charge in [0.1, 0.15) is 11.5 Å². The number of rotatable bonds is 5. The fourth-order valence-corrected chi connectivity index (χ4v) is 3.09. The second-order valence-electron chi connectivity index (χ2n) is 6.46. The highest BCUT2D eigenvalue weighted by Gasteiger charge is 2.23. The summed E-state index contributed by atoms with van der Waals surface area (Å²) in [5.41, 5.74) is 1.18. The average molecular weight is 353 g/mol. The lowest BCUT2D eigenvalue weighted by Crippen LogP contribution is -2.22. The lowest BCUT2D eigenvalue weighted by atomic mass is 9.89. The highest BCUT2D eigenvalue weighted by Crippen LogP contribution is 2.26. The summed E-state index contributed by atoms with van der Waals surface area (Å²) in [4.78, 5) is 24.5. The van der Waals surface area contributed by atoms with Crippen LogP contribution in [0.15, 0.2) is 48.5 Å². The first-order valence-corrected chi connectivity index (χ1v) is 8.93. The number of ether oxygens (including phenoxy) is 2. The zero-order valence-electron chi connectivity index (χ0n) is 14.9. The number of carbonyl (C=O) groups is 2. The van der Waals surface area contributed by atoms with Gasteiger partial charge in [-0.15, -0.1) is 0 Å². The van der Waals surface area contributed by atoms with Crippen LogP contribution in [0.3, 0.4) is 0 Å². The third kappa shape index (κ3) is 4.63. The minimum absolute atomic E-state index is 0.00166. The van der Waals surface area contributed by atoms with Crippen molar-refractivity contribution in [2.24, 2.45) is 5.92 Å². The van der Waals surface area contributed by atoms with E-state index in [9.17, 15) is 9.59 Å². The van der Waals surface area contributed by atoms with Crippen LogP contribution < -0.4 is 14.8 Å². The Balaban J connectivity index is 1.57. The summed E-state index contributed by atoms with van der Waals surface area (Å²) in [6, 6.07) is 13.7. The van der Waals surface area contributed by atoms with Gasteiger partial charge >= 0.3 is 5.97 Å². The Bertz CT molecular complexity index is 747. The van der Waals surface area contributed by atoms with Crippen LogP contribution in [0.25, 0.3) is 0 Å². The van der Waals surface area contributed by atoms with Crippen LogP contribution >= 0.6 is 0 Å². The Morgan fingerprint density at radius 1 is 0.885 bits per heavy atom. The quantitative estimate of drug-likeness (QED) is 0.638. The number of hydrogen-bond donors (Lipinski definition) is 1. The van der Waals surface area contributed by atoms with Crippen molar-refractivity contribution in [1.82, 2.24) is 0 Å². The Kier molecular flexibility index (Phi) is 5.89. The molecule has 0 aromatic heterocycles. The molecule has 0 spiro atoms. The molecule has 0 atom stereocenters. The van der Waals surface area contributed by atoms with Crippen LogP contribution in [0, 0.1) is 5.92 Å². The van der Waals surface area contributed by atoms with Crippen molar-refractivity contribution in [3.63, 3.8) is 0 Å². The fraction of sp³-hybridized carbons (Fsp3) is 0.333. The molecule has 0 heterocycles. The molecule has 0 saturated heterocycles. The van der Waals surface area contributed by atoms with Gasteiger partial charge in [-0.2, -0.15) is 0 Å². The zero-order chi connectivity index (χ0) is 18.4. The molecule has 1 amide bonds. The zero-order valence-corrected chi connectivity index (χ0v) is 14.9. The molecule has 26 heavy (non-hydrogen) atoms. The molecule has 0 radical (unpaired) electrons. The lowest BCUT2D eigenvalue weighted by molar-refractivity contribution is -0.139. The van der Waals surface area contributed by atoms with Crippen molar-refractivity contribution in [3.8, 4) is 11.5 Å². The van der Waals surface area contributed by atoms with Crippen LogP contribution in [0.2, 0.25) is 0 Å². The molecule has 1 aliphatic carbocycles. The lowest BCUT2D eigenvalue weighted by Gasteiger charge is -2.19. The molecule has 1 aliphatic rings. The third-order valence-electron chi connectivity index (χ3n) is 4.62. The molecule has 2 aromatic carbocycles. The van der Waals surface area contributed by atoms with E-state index in [1.807, 2.05) is 0 Å². The molecule has 3 rings (SSSR count). The molecule has 0 bridgehead atoms. The Morgan fingerprint density at radius 3 is 2.12 bits per heavy atom. The van der Waals surface area contributed by atoms with E-state index in [0.717, 1.165) is 31.4 Å². The number of nitrogens with one attached hydrogen (secondary N) is 1. The maximum Gasteiger partial charge on any atom is 0.314 e. The van der Waals surface area contributed by atoms with Crippen LogP contribution in [-0.2, 0) is 4.79 Å². The molecule has 2 aromatic rings. The summed E-state index contributed by atoms with van der Waals surface area (Å²) in [6.07, 6.45) is 5.18. The van der Waals surface area contributed by atoms with E-state index in [2.05, 4.69) is 5.32 Å².